The zero-order chi connectivity index (χ0) is 21.0. The van der Waals surface area contributed by atoms with Crippen LogP contribution in [0.1, 0.15) is 47.0 Å². The van der Waals surface area contributed by atoms with Crippen LogP contribution in [0.4, 0.5) is 0 Å². The maximum Gasteiger partial charge on any atom is 0.341 e. The molecule has 0 spiro atoms. The molecular weight excluding hydrogens is 368 g/mol. The predicted octanol–water partition coefficient (Wildman–Crippen LogP) is 2.97. The molecule has 0 aromatic carbocycles. The number of hydrogen-bond donors (Lipinski definition) is 2. The van der Waals surface area contributed by atoms with Crippen molar-refractivity contribution in [2.24, 2.45) is 35.5 Å². The van der Waals surface area contributed by atoms with Crippen molar-refractivity contribution in [3.8, 4) is 0 Å². The van der Waals surface area contributed by atoms with E-state index in [9.17, 15) is 19.8 Å². The lowest BCUT2D eigenvalue weighted by Crippen LogP contribution is -2.42. The van der Waals surface area contributed by atoms with Gasteiger partial charge in [-0.15, -0.1) is 0 Å². The van der Waals surface area contributed by atoms with Crippen LogP contribution in [0.5, 0.6) is 0 Å². The minimum atomic E-state index is -0.679. The molecule has 2 N–H and O–H groups in total. The fraction of sp³-hybridized carbons (Fsp3) is 0.667. The van der Waals surface area contributed by atoms with Gasteiger partial charge in [0.05, 0.1) is 23.7 Å². The standard InChI is InChI=1S/C24H32O5/c1-11-5-7-15-12(2)9-17-20(23(27)14(4)22(17)26)16(15)10-18-21(25)13(3)19(8-6-11)29-24(18)28/h5,9-10,13-17,19-20,22-23,26-27H,6-8H2,1-4H3/b11-5+,18-10-/t13-,14+,15+,16+,17-,19+,20-,22+,23-/m0/s1. The molecule has 3 aliphatic carbocycles. The number of carbonyl (C=O) groups excluding carboxylic acids is 2. The van der Waals surface area contributed by atoms with Gasteiger partial charge < -0.3 is 14.9 Å². The minimum Gasteiger partial charge on any atom is -0.458 e. The summed E-state index contributed by atoms with van der Waals surface area (Å²) in [6.07, 6.45) is 6.69. The van der Waals surface area contributed by atoms with Gasteiger partial charge in [0.2, 0.25) is 0 Å². The maximum absolute atomic E-state index is 13.1. The van der Waals surface area contributed by atoms with Gasteiger partial charge in [-0.25, -0.2) is 4.79 Å². The number of hydrogen-bond acceptors (Lipinski definition) is 5. The molecule has 5 rings (SSSR count). The molecule has 2 fully saturated rings. The largest absolute Gasteiger partial charge is 0.458 e. The molecule has 5 nitrogen and oxygen atoms in total. The first kappa shape index (κ1) is 20.5. The summed E-state index contributed by atoms with van der Waals surface area (Å²) in [7, 11) is 0. The van der Waals surface area contributed by atoms with E-state index in [1.165, 1.54) is 5.57 Å². The highest BCUT2D eigenvalue weighted by Crippen LogP contribution is 2.51. The number of allylic oxidation sites excluding steroid dienone is 4. The van der Waals surface area contributed by atoms with E-state index in [4.69, 9.17) is 4.74 Å². The van der Waals surface area contributed by atoms with Crippen molar-refractivity contribution in [1.82, 2.24) is 0 Å². The molecule has 1 saturated heterocycles. The Hall–Kier alpha value is -1.72. The third-order valence-electron chi connectivity index (χ3n) is 7.88. The molecule has 0 radical (unpaired) electrons. The molecule has 5 aliphatic rings. The summed E-state index contributed by atoms with van der Waals surface area (Å²) in [6.45, 7) is 7.84. The molecule has 29 heavy (non-hydrogen) atoms. The second-order valence-corrected chi connectivity index (χ2v) is 9.59. The van der Waals surface area contributed by atoms with Crippen molar-refractivity contribution in [2.75, 3.05) is 0 Å². The Kier molecular flexibility index (Phi) is 5.32. The smallest absolute Gasteiger partial charge is 0.341 e. The Bertz CT molecular complexity index is 806. The molecule has 2 aliphatic heterocycles. The highest BCUT2D eigenvalue weighted by atomic mass is 16.5. The van der Waals surface area contributed by atoms with Gasteiger partial charge in [-0.1, -0.05) is 43.2 Å². The average Bonchev–Trinajstić information content (AvgIpc) is 2.89. The quantitative estimate of drug-likeness (QED) is 0.371. The second-order valence-electron chi connectivity index (χ2n) is 9.59. The summed E-state index contributed by atoms with van der Waals surface area (Å²) in [5.74, 6) is -1.80. The first-order valence-corrected chi connectivity index (χ1v) is 10.9. The third kappa shape index (κ3) is 3.32. The number of carbonyl (C=O) groups is 2. The van der Waals surface area contributed by atoms with Crippen molar-refractivity contribution < 1.29 is 24.5 Å². The molecule has 5 heteroatoms. The zero-order valence-corrected chi connectivity index (χ0v) is 17.7. The number of ether oxygens (including phenoxy) is 1. The molecule has 0 amide bonds. The van der Waals surface area contributed by atoms with Gasteiger partial charge in [-0.3, -0.25) is 4.79 Å². The molecule has 2 heterocycles. The topological polar surface area (TPSA) is 83.8 Å². The Morgan fingerprint density at radius 3 is 2.48 bits per heavy atom. The molecule has 0 aromatic heterocycles. The van der Waals surface area contributed by atoms with Crippen LogP contribution in [0.2, 0.25) is 0 Å². The maximum atomic E-state index is 13.1. The summed E-state index contributed by atoms with van der Waals surface area (Å²) in [5.41, 5.74) is 2.50. The molecule has 0 aromatic rings. The summed E-state index contributed by atoms with van der Waals surface area (Å²) in [6, 6.07) is 0. The monoisotopic (exact) mass is 400 g/mol. The Morgan fingerprint density at radius 1 is 1.03 bits per heavy atom. The van der Waals surface area contributed by atoms with Crippen molar-refractivity contribution >= 4 is 11.8 Å². The first-order valence-electron chi connectivity index (χ1n) is 10.9. The van der Waals surface area contributed by atoms with E-state index in [-0.39, 0.29) is 53.0 Å². The zero-order valence-electron chi connectivity index (χ0n) is 17.7. The Labute approximate surface area is 172 Å². The van der Waals surface area contributed by atoms with Crippen LogP contribution in [0.3, 0.4) is 0 Å². The lowest BCUT2D eigenvalue weighted by molar-refractivity contribution is -0.155. The average molecular weight is 401 g/mol. The number of esters is 1. The number of Topliss-reactive ketones (excluding diaryl/α,β-unsaturated/α-hetero) is 1. The van der Waals surface area contributed by atoms with E-state index in [1.54, 1.807) is 6.08 Å². The van der Waals surface area contributed by atoms with Crippen LogP contribution in [0.15, 0.2) is 34.9 Å². The highest BCUT2D eigenvalue weighted by Gasteiger charge is 2.53. The van der Waals surface area contributed by atoms with Gasteiger partial charge in [-0.05, 0) is 44.9 Å². The predicted molar refractivity (Wildman–Crippen MR) is 109 cm³/mol. The summed E-state index contributed by atoms with van der Waals surface area (Å²) in [5, 5.41) is 21.6. The van der Waals surface area contributed by atoms with Crippen molar-refractivity contribution in [3.63, 3.8) is 0 Å². The fourth-order valence-corrected chi connectivity index (χ4v) is 5.89. The number of rotatable bonds is 0. The van der Waals surface area contributed by atoms with E-state index in [1.807, 2.05) is 13.8 Å². The van der Waals surface area contributed by atoms with Gasteiger partial charge in [0.25, 0.3) is 0 Å². The fourth-order valence-electron chi connectivity index (χ4n) is 5.89. The SMILES string of the molecule is CC1=C[C@@H]2[C@H](O)[C@@H](C)[C@H](O)[C@H]2[C@@H]2/C=C3\C(=O)O[C@H](CC/C(C)=C/C[C@H]12)[C@H](C)C3=O. The summed E-state index contributed by atoms with van der Waals surface area (Å²) >= 11 is 0. The number of aliphatic hydroxyl groups is 2. The molecule has 158 valence electrons. The van der Waals surface area contributed by atoms with Crippen molar-refractivity contribution in [2.45, 2.75) is 65.3 Å². The van der Waals surface area contributed by atoms with Crippen LogP contribution in [0, 0.1) is 35.5 Å². The van der Waals surface area contributed by atoms with Crippen LogP contribution in [-0.2, 0) is 14.3 Å². The van der Waals surface area contributed by atoms with Gasteiger partial charge >= 0.3 is 5.97 Å². The van der Waals surface area contributed by atoms with E-state index in [0.29, 0.717) is 6.42 Å². The van der Waals surface area contributed by atoms with Gasteiger partial charge in [-0.2, -0.15) is 0 Å². The number of fused-ring (bicyclic) bond motifs is 6. The van der Waals surface area contributed by atoms with E-state index in [0.717, 1.165) is 18.4 Å². The Balaban J connectivity index is 1.85. The molecule has 9 atom stereocenters. The minimum absolute atomic E-state index is 0.0823. The van der Waals surface area contributed by atoms with E-state index in [2.05, 4.69) is 26.0 Å². The Morgan fingerprint density at radius 2 is 1.76 bits per heavy atom. The summed E-state index contributed by atoms with van der Waals surface area (Å²) in [4.78, 5) is 25.8. The molecule has 2 bridgehead atoms. The van der Waals surface area contributed by atoms with Crippen molar-refractivity contribution in [1.29, 1.82) is 0 Å². The lowest BCUT2D eigenvalue weighted by Gasteiger charge is -2.40. The third-order valence-corrected chi connectivity index (χ3v) is 7.88. The van der Waals surface area contributed by atoms with Gasteiger partial charge in [0.15, 0.2) is 5.78 Å². The second kappa shape index (κ2) is 7.51. The van der Waals surface area contributed by atoms with Crippen LogP contribution in [-0.4, -0.2) is 40.3 Å². The van der Waals surface area contributed by atoms with E-state index >= 15 is 0 Å². The lowest BCUT2D eigenvalue weighted by atomic mass is 9.65. The van der Waals surface area contributed by atoms with Crippen LogP contribution < -0.4 is 0 Å². The van der Waals surface area contributed by atoms with Crippen LogP contribution in [0.25, 0.3) is 0 Å². The number of ketones is 1. The molecule has 1 saturated carbocycles. The van der Waals surface area contributed by atoms with E-state index < -0.39 is 18.2 Å². The van der Waals surface area contributed by atoms with Crippen LogP contribution >= 0.6 is 0 Å². The first-order chi connectivity index (χ1) is 13.7. The normalized spacial score (nSPS) is 48.8. The van der Waals surface area contributed by atoms with Gasteiger partial charge in [0, 0.05) is 17.8 Å². The summed E-state index contributed by atoms with van der Waals surface area (Å²) < 4.78 is 5.66. The van der Waals surface area contributed by atoms with Crippen molar-refractivity contribution in [3.05, 3.63) is 34.9 Å². The molecule has 0 unspecified atom stereocenters. The molecular formula is C24H32O5. The van der Waals surface area contributed by atoms with Gasteiger partial charge in [0.1, 0.15) is 6.10 Å². The highest BCUT2D eigenvalue weighted by molar-refractivity contribution is 6.19. The number of aliphatic hydroxyl groups excluding tert-OH is 2.